The predicted octanol–water partition coefficient (Wildman–Crippen LogP) is 1.07. The molecule has 8 heteroatoms. The summed E-state index contributed by atoms with van der Waals surface area (Å²) < 4.78 is 9.76. The van der Waals surface area contributed by atoms with E-state index in [1.54, 1.807) is 26.8 Å². The minimum absolute atomic E-state index is 0.0430. The number of rotatable bonds is 4. The molecule has 20 heavy (non-hydrogen) atoms. The topological polar surface area (TPSA) is 125 Å². The summed E-state index contributed by atoms with van der Waals surface area (Å²) in [7, 11) is 0. The van der Waals surface area contributed by atoms with Gasteiger partial charge in [0.1, 0.15) is 23.5 Å². The molecule has 1 amide bonds. The van der Waals surface area contributed by atoms with Gasteiger partial charge < -0.3 is 19.7 Å². The first-order valence-electron chi connectivity index (χ1n) is 5.79. The van der Waals surface area contributed by atoms with E-state index in [0.717, 1.165) is 0 Å². The van der Waals surface area contributed by atoms with E-state index in [1.165, 1.54) is 6.07 Å². The molecule has 108 valence electrons. The van der Waals surface area contributed by atoms with Gasteiger partial charge in [-0.1, -0.05) is 5.16 Å². The first-order chi connectivity index (χ1) is 9.21. The zero-order valence-corrected chi connectivity index (χ0v) is 11.3. The van der Waals surface area contributed by atoms with Crippen LogP contribution < -0.4 is 5.32 Å². The van der Waals surface area contributed by atoms with Crippen molar-refractivity contribution in [1.29, 1.82) is 5.26 Å². The van der Waals surface area contributed by atoms with E-state index in [0.29, 0.717) is 0 Å². The number of carbonyl (C=O) groups is 2. The van der Waals surface area contributed by atoms with Crippen molar-refractivity contribution < 1.29 is 24.0 Å². The molecule has 1 rings (SSSR count). The smallest absolute Gasteiger partial charge is 0.408 e. The molecular weight excluding hydrogens is 266 g/mol. The van der Waals surface area contributed by atoms with Crippen LogP contribution in [0.4, 0.5) is 4.79 Å². The van der Waals surface area contributed by atoms with Crippen LogP contribution in [0.15, 0.2) is 10.6 Å². The van der Waals surface area contributed by atoms with Crippen molar-refractivity contribution in [2.24, 2.45) is 0 Å². The molecule has 1 heterocycles. The summed E-state index contributed by atoms with van der Waals surface area (Å²) in [4.78, 5) is 22.6. The fourth-order valence-corrected chi connectivity index (χ4v) is 1.31. The lowest BCUT2D eigenvalue weighted by Gasteiger charge is -2.21. The number of ether oxygens (including phenoxy) is 1. The van der Waals surface area contributed by atoms with Gasteiger partial charge in [0.2, 0.25) is 0 Å². The summed E-state index contributed by atoms with van der Waals surface area (Å²) in [6, 6.07) is 1.84. The number of hydrogen-bond acceptors (Lipinski definition) is 6. The fraction of sp³-hybridized carbons (Fsp3) is 0.500. The van der Waals surface area contributed by atoms with Gasteiger partial charge in [-0.25, -0.2) is 9.59 Å². The SMILES string of the molecule is CC(C)(C)OC(=O)NC(Cc1cc(C#N)no1)C(=O)O. The molecule has 0 radical (unpaired) electrons. The van der Waals surface area contributed by atoms with Crippen LogP contribution in [0.25, 0.3) is 0 Å². The molecule has 0 fully saturated rings. The maximum atomic E-state index is 11.5. The first kappa shape index (κ1) is 15.5. The summed E-state index contributed by atoms with van der Waals surface area (Å²) in [5.41, 5.74) is -0.686. The van der Waals surface area contributed by atoms with Gasteiger partial charge in [0.15, 0.2) is 5.69 Å². The number of carbonyl (C=O) groups excluding carboxylic acids is 1. The third-order valence-electron chi connectivity index (χ3n) is 2.07. The summed E-state index contributed by atoms with van der Waals surface area (Å²) >= 11 is 0. The van der Waals surface area contributed by atoms with E-state index in [1.807, 2.05) is 0 Å². The van der Waals surface area contributed by atoms with Crippen LogP contribution in [0.5, 0.6) is 0 Å². The second kappa shape index (κ2) is 6.06. The molecule has 8 nitrogen and oxygen atoms in total. The maximum Gasteiger partial charge on any atom is 0.408 e. The average molecular weight is 281 g/mol. The highest BCUT2D eigenvalue weighted by Gasteiger charge is 2.25. The predicted molar refractivity (Wildman–Crippen MR) is 65.7 cm³/mol. The Morgan fingerprint density at radius 2 is 2.25 bits per heavy atom. The lowest BCUT2D eigenvalue weighted by molar-refractivity contribution is -0.139. The van der Waals surface area contributed by atoms with Crippen molar-refractivity contribution >= 4 is 12.1 Å². The largest absolute Gasteiger partial charge is 0.480 e. The quantitative estimate of drug-likeness (QED) is 0.845. The Balaban J connectivity index is 2.68. The highest BCUT2D eigenvalue weighted by atomic mass is 16.6. The molecule has 2 N–H and O–H groups in total. The van der Waals surface area contributed by atoms with Crippen molar-refractivity contribution in [2.45, 2.75) is 38.8 Å². The number of nitrogens with zero attached hydrogens (tertiary/aromatic N) is 2. The van der Waals surface area contributed by atoms with E-state index in [-0.39, 0.29) is 17.9 Å². The van der Waals surface area contributed by atoms with Gasteiger partial charge in [-0.05, 0) is 20.8 Å². The number of alkyl carbamates (subject to hydrolysis) is 1. The molecule has 1 aromatic rings. The second-order valence-corrected chi connectivity index (χ2v) is 5.03. The van der Waals surface area contributed by atoms with Crippen LogP contribution in [-0.4, -0.2) is 34.0 Å². The number of hydrogen-bond donors (Lipinski definition) is 2. The van der Waals surface area contributed by atoms with Gasteiger partial charge in [-0.15, -0.1) is 0 Å². The Morgan fingerprint density at radius 3 is 2.70 bits per heavy atom. The lowest BCUT2D eigenvalue weighted by atomic mass is 10.1. The zero-order valence-electron chi connectivity index (χ0n) is 11.3. The molecule has 0 aliphatic carbocycles. The van der Waals surface area contributed by atoms with E-state index in [4.69, 9.17) is 19.6 Å². The Bertz CT molecular complexity index is 538. The molecule has 0 aliphatic rings. The Labute approximate surface area is 115 Å². The fourth-order valence-electron chi connectivity index (χ4n) is 1.31. The maximum absolute atomic E-state index is 11.5. The third kappa shape index (κ3) is 4.97. The van der Waals surface area contributed by atoms with Crippen molar-refractivity contribution in [2.75, 3.05) is 0 Å². The first-order valence-corrected chi connectivity index (χ1v) is 5.79. The number of aromatic nitrogens is 1. The van der Waals surface area contributed by atoms with Gasteiger partial charge in [0.05, 0.1) is 0 Å². The van der Waals surface area contributed by atoms with Gasteiger partial charge in [0, 0.05) is 12.5 Å². The zero-order chi connectivity index (χ0) is 15.3. The molecule has 1 aromatic heterocycles. The Kier molecular flexibility index (Phi) is 4.69. The minimum Gasteiger partial charge on any atom is -0.480 e. The molecular formula is C12H15N3O5. The summed E-state index contributed by atoms with van der Waals surface area (Å²) in [5.74, 6) is -1.06. The standard InChI is InChI=1S/C12H15N3O5/c1-12(2,3)19-11(18)14-9(10(16)17)5-8-4-7(6-13)15-20-8/h4,9H,5H2,1-3H3,(H,14,18)(H,16,17). The summed E-state index contributed by atoms with van der Waals surface area (Å²) in [6.07, 6.45) is -0.978. The van der Waals surface area contributed by atoms with Crippen LogP contribution in [0.3, 0.4) is 0 Å². The molecule has 0 bridgehead atoms. The Hall–Kier alpha value is -2.56. The number of carboxylic acids is 1. The number of nitriles is 1. The van der Waals surface area contributed by atoms with Gasteiger partial charge in [-0.3, -0.25) is 0 Å². The van der Waals surface area contributed by atoms with Crippen molar-refractivity contribution in [3.05, 3.63) is 17.5 Å². The lowest BCUT2D eigenvalue weighted by Crippen LogP contribution is -2.44. The monoisotopic (exact) mass is 281 g/mol. The highest BCUT2D eigenvalue weighted by Crippen LogP contribution is 2.09. The average Bonchev–Trinajstić information content (AvgIpc) is 2.73. The molecule has 1 unspecified atom stereocenters. The van der Waals surface area contributed by atoms with E-state index in [9.17, 15) is 9.59 Å². The number of carboxylic acid groups (broad SMARTS) is 1. The normalized spacial score (nSPS) is 12.3. The number of amides is 1. The Morgan fingerprint density at radius 1 is 1.60 bits per heavy atom. The van der Waals surface area contributed by atoms with Crippen molar-refractivity contribution in [1.82, 2.24) is 10.5 Å². The van der Waals surface area contributed by atoms with Gasteiger partial charge in [0.25, 0.3) is 0 Å². The van der Waals surface area contributed by atoms with E-state index >= 15 is 0 Å². The highest BCUT2D eigenvalue weighted by molar-refractivity contribution is 5.80. The van der Waals surface area contributed by atoms with Crippen LogP contribution in [-0.2, 0) is 16.0 Å². The van der Waals surface area contributed by atoms with Gasteiger partial charge >= 0.3 is 12.1 Å². The number of aliphatic carboxylic acids is 1. The van der Waals surface area contributed by atoms with Crippen LogP contribution >= 0.6 is 0 Å². The summed E-state index contributed by atoms with van der Waals surface area (Å²) in [5, 5.41) is 23.3. The van der Waals surface area contributed by atoms with E-state index < -0.39 is 23.7 Å². The molecule has 0 aromatic carbocycles. The van der Waals surface area contributed by atoms with Gasteiger partial charge in [-0.2, -0.15) is 5.26 Å². The van der Waals surface area contributed by atoms with Crippen LogP contribution in [0.2, 0.25) is 0 Å². The van der Waals surface area contributed by atoms with Crippen molar-refractivity contribution in [3.63, 3.8) is 0 Å². The third-order valence-corrected chi connectivity index (χ3v) is 2.07. The molecule has 0 saturated carbocycles. The molecule has 0 aliphatic heterocycles. The summed E-state index contributed by atoms with van der Waals surface area (Å²) in [6.45, 7) is 4.99. The van der Waals surface area contributed by atoms with Crippen LogP contribution in [0, 0.1) is 11.3 Å². The van der Waals surface area contributed by atoms with Crippen LogP contribution in [0.1, 0.15) is 32.2 Å². The second-order valence-electron chi connectivity index (χ2n) is 5.03. The molecule has 0 spiro atoms. The molecule has 0 saturated heterocycles. The van der Waals surface area contributed by atoms with E-state index in [2.05, 4.69) is 10.5 Å². The number of nitrogens with one attached hydrogen (secondary N) is 1. The molecule has 1 atom stereocenters. The minimum atomic E-state index is -1.24. The van der Waals surface area contributed by atoms with Crippen molar-refractivity contribution in [3.8, 4) is 6.07 Å².